The van der Waals surface area contributed by atoms with E-state index in [1.54, 1.807) is 0 Å². The highest BCUT2D eigenvalue weighted by Gasteiger charge is 2.22. The normalized spacial score (nSPS) is 14.1. The number of carboxylic acid groups (broad SMARTS) is 1. The van der Waals surface area contributed by atoms with E-state index < -0.39 is 37.5 Å². The second kappa shape index (κ2) is 22.6. The summed E-state index contributed by atoms with van der Waals surface area (Å²) in [6, 6.07) is 0. The van der Waals surface area contributed by atoms with E-state index in [4.69, 9.17) is 30.6 Å². The average Bonchev–Trinajstić information content (AvgIpc) is 2.69. The number of carboxylic acids is 1. The molecular formula is C21H44O7. The number of aliphatic hydroxyl groups is 5. The molecule has 0 radical (unpaired) electrons. The first-order chi connectivity index (χ1) is 13.4. The van der Waals surface area contributed by atoms with Gasteiger partial charge in [0.15, 0.2) is 0 Å². The first-order valence-electron chi connectivity index (χ1n) is 10.9. The lowest BCUT2D eigenvalue weighted by Gasteiger charge is -2.19. The number of unbranched alkanes of at least 4 members (excludes halogenated alkanes) is 12. The molecule has 0 aromatic rings. The predicted molar refractivity (Wildman–Crippen MR) is 110 cm³/mol. The first kappa shape index (κ1) is 29.5. The first-order valence-corrected chi connectivity index (χ1v) is 10.9. The number of aliphatic carboxylic acids is 1. The Bertz CT molecular complexity index is 316. The third kappa shape index (κ3) is 21.6. The van der Waals surface area contributed by atoms with E-state index in [-0.39, 0.29) is 0 Å². The summed E-state index contributed by atoms with van der Waals surface area (Å²) in [5.74, 6) is -0.655. The minimum atomic E-state index is -1.49. The maximum atomic E-state index is 10.3. The quantitative estimate of drug-likeness (QED) is 0.192. The van der Waals surface area contributed by atoms with Crippen LogP contribution in [0.3, 0.4) is 0 Å². The molecule has 7 heteroatoms. The second-order valence-corrected chi connectivity index (χ2v) is 7.38. The zero-order valence-electron chi connectivity index (χ0n) is 17.6. The molecule has 0 fully saturated rings. The van der Waals surface area contributed by atoms with Crippen molar-refractivity contribution < 1.29 is 35.4 Å². The molecule has 0 aliphatic heterocycles. The maximum Gasteiger partial charge on any atom is 0.303 e. The van der Waals surface area contributed by atoms with Crippen LogP contribution in [-0.4, -0.2) is 68.1 Å². The average molecular weight is 409 g/mol. The molecule has 0 aliphatic rings. The van der Waals surface area contributed by atoms with Crippen LogP contribution < -0.4 is 0 Å². The monoisotopic (exact) mass is 408 g/mol. The Morgan fingerprint density at radius 3 is 1.25 bits per heavy atom. The molecule has 2 atom stereocenters. The van der Waals surface area contributed by atoms with Gasteiger partial charge in [-0.1, -0.05) is 84.0 Å². The Labute approximate surface area is 170 Å². The van der Waals surface area contributed by atoms with E-state index in [1.165, 1.54) is 70.6 Å². The van der Waals surface area contributed by atoms with Crippen LogP contribution in [-0.2, 0) is 4.79 Å². The summed E-state index contributed by atoms with van der Waals surface area (Å²) in [5.41, 5.74) is 0. The van der Waals surface area contributed by atoms with Crippen molar-refractivity contribution in [2.24, 2.45) is 0 Å². The van der Waals surface area contributed by atoms with E-state index in [0.29, 0.717) is 6.42 Å². The molecule has 6 N–H and O–H groups in total. The van der Waals surface area contributed by atoms with Gasteiger partial charge in [0, 0.05) is 6.42 Å². The molecule has 0 spiro atoms. The van der Waals surface area contributed by atoms with Gasteiger partial charge in [-0.3, -0.25) is 4.79 Å². The molecule has 0 rings (SSSR count). The fourth-order valence-electron chi connectivity index (χ4n) is 2.77. The maximum absolute atomic E-state index is 10.3. The van der Waals surface area contributed by atoms with Crippen molar-refractivity contribution in [2.45, 2.75) is 115 Å². The van der Waals surface area contributed by atoms with Crippen LogP contribution >= 0.6 is 0 Å². The standard InChI is InChI=1S/C16H32O2.C5H12O5/c1-2-3-4-5-6-7-8-9-10-11-12-13-14-15-16(17)18;6-1-3(8)5(10)4(9)2-7/h2-15H2,1H3,(H,17,18);3-10H,1-2H2. The Morgan fingerprint density at radius 2 is 0.964 bits per heavy atom. The molecule has 0 heterocycles. The van der Waals surface area contributed by atoms with Crippen molar-refractivity contribution in [1.82, 2.24) is 0 Å². The van der Waals surface area contributed by atoms with E-state index in [2.05, 4.69) is 6.92 Å². The van der Waals surface area contributed by atoms with Gasteiger partial charge < -0.3 is 30.6 Å². The molecule has 2 unspecified atom stereocenters. The summed E-state index contributed by atoms with van der Waals surface area (Å²) < 4.78 is 0. The number of carbonyl (C=O) groups is 1. The zero-order chi connectivity index (χ0) is 21.6. The van der Waals surface area contributed by atoms with Crippen LogP contribution in [0.2, 0.25) is 0 Å². The Balaban J connectivity index is 0. The fourth-order valence-corrected chi connectivity index (χ4v) is 2.77. The van der Waals surface area contributed by atoms with Gasteiger partial charge in [-0.2, -0.15) is 0 Å². The second-order valence-electron chi connectivity index (χ2n) is 7.38. The van der Waals surface area contributed by atoms with Crippen LogP contribution in [0.25, 0.3) is 0 Å². The van der Waals surface area contributed by atoms with Crippen LogP contribution in [0, 0.1) is 0 Å². The van der Waals surface area contributed by atoms with Crippen molar-refractivity contribution in [3.8, 4) is 0 Å². The Hall–Kier alpha value is -0.730. The summed E-state index contributed by atoms with van der Waals surface area (Å²) >= 11 is 0. The van der Waals surface area contributed by atoms with E-state index in [1.807, 2.05) is 0 Å². The lowest BCUT2D eigenvalue weighted by molar-refractivity contribution is -0.137. The van der Waals surface area contributed by atoms with E-state index in [9.17, 15) is 4.79 Å². The van der Waals surface area contributed by atoms with Gasteiger partial charge in [-0.25, -0.2) is 0 Å². The molecule has 28 heavy (non-hydrogen) atoms. The van der Waals surface area contributed by atoms with Crippen LogP contribution in [0.4, 0.5) is 0 Å². The number of hydrogen-bond donors (Lipinski definition) is 6. The fraction of sp³-hybridized carbons (Fsp3) is 0.952. The van der Waals surface area contributed by atoms with E-state index in [0.717, 1.165) is 12.8 Å². The number of aliphatic hydroxyl groups excluding tert-OH is 5. The van der Waals surface area contributed by atoms with Gasteiger partial charge in [0.05, 0.1) is 13.2 Å². The number of rotatable bonds is 18. The molecule has 0 amide bonds. The lowest BCUT2D eigenvalue weighted by Crippen LogP contribution is -2.41. The Morgan fingerprint density at radius 1 is 0.643 bits per heavy atom. The molecule has 0 saturated carbocycles. The summed E-state index contributed by atoms with van der Waals surface area (Å²) in [6.07, 6.45) is 13.0. The minimum Gasteiger partial charge on any atom is -0.481 e. The largest absolute Gasteiger partial charge is 0.481 e. The Kier molecular flexibility index (Phi) is 23.7. The molecule has 0 saturated heterocycles. The highest BCUT2D eigenvalue weighted by Crippen LogP contribution is 2.12. The van der Waals surface area contributed by atoms with Crippen LogP contribution in [0.1, 0.15) is 96.8 Å². The highest BCUT2D eigenvalue weighted by molar-refractivity contribution is 5.66. The van der Waals surface area contributed by atoms with Crippen molar-refractivity contribution >= 4 is 5.97 Å². The van der Waals surface area contributed by atoms with Crippen LogP contribution in [0.15, 0.2) is 0 Å². The molecular weight excluding hydrogens is 364 g/mol. The topological polar surface area (TPSA) is 138 Å². The van der Waals surface area contributed by atoms with Gasteiger partial charge in [-0.05, 0) is 6.42 Å². The summed E-state index contributed by atoms with van der Waals surface area (Å²) in [4.78, 5) is 10.3. The zero-order valence-corrected chi connectivity index (χ0v) is 17.6. The summed E-state index contributed by atoms with van der Waals surface area (Å²) in [6.45, 7) is 0.979. The summed E-state index contributed by atoms with van der Waals surface area (Å²) in [7, 11) is 0. The number of hydrogen-bond acceptors (Lipinski definition) is 6. The van der Waals surface area contributed by atoms with Crippen molar-refractivity contribution in [3.63, 3.8) is 0 Å². The van der Waals surface area contributed by atoms with Gasteiger partial charge in [0.25, 0.3) is 0 Å². The lowest BCUT2D eigenvalue weighted by atomic mass is 10.0. The van der Waals surface area contributed by atoms with Gasteiger partial charge in [0.2, 0.25) is 0 Å². The highest BCUT2D eigenvalue weighted by atomic mass is 16.4. The molecule has 0 aromatic heterocycles. The van der Waals surface area contributed by atoms with Gasteiger partial charge in [-0.15, -0.1) is 0 Å². The molecule has 0 bridgehead atoms. The van der Waals surface area contributed by atoms with Crippen molar-refractivity contribution in [3.05, 3.63) is 0 Å². The molecule has 7 nitrogen and oxygen atoms in total. The SMILES string of the molecule is CCCCCCCCCCCCCCCC(=O)O.OCC(O)C(O)C(O)CO. The summed E-state index contributed by atoms with van der Waals surface area (Å²) in [5, 5.41) is 51.1. The third-order valence-corrected chi connectivity index (χ3v) is 4.66. The molecule has 170 valence electrons. The van der Waals surface area contributed by atoms with E-state index >= 15 is 0 Å². The smallest absolute Gasteiger partial charge is 0.303 e. The van der Waals surface area contributed by atoms with Gasteiger partial charge >= 0.3 is 5.97 Å². The van der Waals surface area contributed by atoms with Gasteiger partial charge in [0.1, 0.15) is 18.3 Å². The van der Waals surface area contributed by atoms with Crippen LogP contribution in [0.5, 0.6) is 0 Å². The molecule has 0 aliphatic carbocycles. The predicted octanol–water partition coefficient (Wildman–Crippen LogP) is 2.61. The third-order valence-electron chi connectivity index (χ3n) is 4.66. The van der Waals surface area contributed by atoms with Crippen molar-refractivity contribution in [2.75, 3.05) is 13.2 Å². The van der Waals surface area contributed by atoms with Crippen molar-refractivity contribution in [1.29, 1.82) is 0 Å². The minimum absolute atomic E-state index is 0.345. The molecule has 0 aromatic carbocycles.